The standard InChI is InChI=1S/C14H16BrN3O/c1-17(9-10-6-11(15)7-10)14(19)12-8-16-18-5-3-2-4-13(12)18/h2-5,8,10-11H,6-7,9H2,1H3. The maximum absolute atomic E-state index is 12.4. The monoisotopic (exact) mass is 321 g/mol. The summed E-state index contributed by atoms with van der Waals surface area (Å²) < 4.78 is 1.74. The summed E-state index contributed by atoms with van der Waals surface area (Å²) in [5.74, 6) is 0.680. The molecule has 0 N–H and O–H groups in total. The number of hydrogen-bond acceptors (Lipinski definition) is 2. The molecule has 0 radical (unpaired) electrons. The zero-order valence-corrected chi connectivity index (χ0v) is 12.4. The Labute approximate surface area is 120 Å². The summed E-state index contributed by atoms with van der Waals surface area (Å²) in [6.45, 7) is 0.825. The number of carbonyl (C=O) groups is 1. The Hall–Kier alpha value is -1.36. The molecule has 0 spiro atoms. The molecule has 2 aromatic heterocycles. The van der Waals surface area contributed by atoms with Gasteiger partial charge in [0.15, 0.2) is 0 Å². The summed E-state index contributed by atoms with van der Waals surface area (Å²) in [7, 11) is 1.87. The van der Waals surface area contributed by atoms with Gasteiger partial charge < -0.3 is 4.90 Å². The van der Waals surface area contributed by atoms with Crippen LogP contribution in [0.15, 0.2) is 30.6 Å². The second-order valence-electron chi connectivity index (χ2n) is 5.21. The molecular weight excluding hydrogens is 306 g/mol. The predicted molar refractivity (Wildman–Crippen MR) is 77.6 cm³/mol. The second-order valence-corrected chi connectivity index (χ2v) is 6.50. The number of carbonyl (C=O) groups excluding carboxylic acids is 1. The molecule has 0 aromatic carbocycles. The van der Waals surface area contributed by atoms with Gasteiger partial charge in [0.05, 0.1) is 17.3 Å². The number of alkyl halides is 1. The molecule has 2 heterocycles. The number of halogens is 1. The number of hydrogen-bond donors (Lipinski definition) is 0. The minimum atomic E-state index is 0.0548. The summed E-state index contributed by atoms with van der Waals surface area (Å²) >= 11 is 3.58. The molecule has 0 atom stereocenters. The van der Waals surface area contributed by atoms with Crippen LogP contribution in [0.2, 0.25) is 0 Å². The van der Waals surface area contributed by atoms with Crippen LogP contribution in [0, 0.1) is 5.92 Å². The third kappa shape index (κ3) is 2.39. The molecule has 1 aliphatic carbocycles. The van der Waals surface area contributed by atoms with Crippen LogP contribution >= 0.6 is 15.9 Å². The molecule has 1 amide bonds. The summed E-state index contributed by atoms with van der Waals surface area (Å²) in [5.41, 5.74) is 1.55. The Bertz CT molecular complexity index is 604. The van der Waals surface area contributed by atoms with Crippen LogP contribution in [0.3, 0.4) is 0 Å². The highest BCUT2D eigenvalue weighted by molar-refractivity contribution is 9.09. The Kier molecular flexibility index (Phi) is 3.31. The van der Waals surface area contributed by atoms with E-state index in [2.05, 4.69) is 21.0 Å². The van der Waals surface area contributed by atoms with Crippen molar-refractivity contribution in [3.63, 3.8) is 0 Å². The van der Waals surface area contributed by atoms with E-state index < -0.39 is 0 Å². The molecule has 1 fully saturated rings. The summed E-state index contributed by atoms with van der Waals surface area (Å²) in [6, 6.07) is 5.75. The molecule has 3 rings (SSSR count). The van der Waals surface area contributed by atoms with Crippen LogP contribution in [0.5, 0.6) is 0 Å². The van der Waals surface area contributed by atoms with Gasteiger partial charge in [-0.3, -0.25) is 4.79 Å². The average Bonchev–Trinajstić information content (AvgIpc) is 2.79. The predicted octanol–water partition coefficient (Wildman–Crippen LogP) is 2.58. The van der Waals surface area contributed by atoms with E-state index in [0.717, 1.165) is 24.9 Å². The van der Waals surface area contributed by atoms with E-state index in [-0.39, 0.29) is 5.91 Å². The van der Waals surface area contributed by atoms with Crippen LogP contribution in [-0.2, 0) is 0 Å². The molecule has 1 saturated carbocycles. The first kappa shape index (κ1) is 12.7. The first-order valence-corrected chi connectivity index (χ1v) is 7.38. The smallest absolute Gasteiger partial charge is 0.257 e. The molecule has 0 bridgehead atoms. The number of pyridine rings is 1. The molecule has 5 heteroatoms. The maximum atomic E-state index is 12.4. The first-order chi connectivity index (χ1) is 9.15. The van der Waals surface area contributed by atoms with Crippen molar-refractivity contribution in [1.82, 2.24) is 14.5 Å². The number of rotatable bonds is 3. The Morgan fingerprint density at radius 2 is 2.32 bits per heavy atom. The van der Waals surface area contributed by atoms with Gasteiger partial charge in [0, 0.05) is 24.6 Å². The van der Waals surface area contributed by atoms with Crippen LogP contribution in [0.4, 0.5) is 0 Å². The van der Waals surface area contributed by atoms with Crippen molar-refractivity contribution in [1.29, 1.82) is 0 Å². The molecule has 100 valence electrons. The lowest BCUT2D eigenvalue weighted by Crippen LogP contribution is -2.37. The Morgan fingerprint density at radius 3 is 3.05 bits per heavy atom. The molecule has 0 saturated heterocycles. The fraction of sp³-hybridized carbons (Fsp3) is 0.429. The van der Waals surface area contributed by atoms with Crippen molar-refractivity contribution in [2.24, 2.45) is 5.92 Å². The second kappa shape index (κ2) is 4.96. The van der Waals surface area contributed by atoms with Gasteiger partial charge in [-0.2, -0.15) is 5.10 Å². The molecule has 4 nitrogen and oxygen atoms in total. The SMILES string of the molecule is CN(CC1CC(Br)C1)C(=O)c1cnn2ccccc12. The summed E-state index contributed by atoms with van der Waals surface area (Å²) in [6.07, 6.45) is 5.83. The van der Waals surface area contributed by atoms with E-state index in [1.54, 1.807) is 10.7 Å². The van der Waals surface area contributed by atoms with Crippen molar-refractivity contribution in [2.45, 2.75) is 17.7 Å². The van der Waals surface area contributed by atoms with Gasteiger partial charge in [0.25, 0.3) is 5.91 Å². The topological polar surface area (TPSA) is 37.6 Å². The first-order valence-electron chi connectivity index (χ1n) is 6.47. The van der Waals surface area contributed by atoms with Gasteiger partial charge in [-0.05, 0) is 30.9 Å². The van der Waals surface area contributed by atoms with Crippen molar-refractivity contribution < 1.29 is 4.79 Å². The van der Waals surface area contributed by atoms with Crippen molar-refractivity contribution >= 4 is 27.4 Å². The number of fused-ring (bicyclic) bond motifs is 1. The number of amides is 1. The molecule has 2 aromatic rings. The largest absolute Gasteiger partial charge is 0.341 e. The van der Waals surface area contributed by atoms with Gasteiger partial charge in [-0.15, -0.1) is 0 Å². The molecule has 0 unspecified atom stereocenters. The van der Waals surface area contributed by atoms with E-state index >= 15 is 0 Å². The fourth-order valence-electron chi connectivity index (χ4n) is 2.58. The highest BCUT2D eigenvalue weighted by atomic mass is 79.9. The van der Waals surface area contributed by atoms with E-state index in [1.807, 2.05) is 36.3 Å². The van der Waals surface area contributed by atoms with Gasteiger partial charge in [-0.1, -0.05) is 22.0 Å². The lowest BCUT2D eigenvalue weighted by Gasteiger charge is -2.34. The highest BCUT2D eigenvalue weighted by Crippen LogP contribution is 2.33. The van der Waals surface area contributed by atoms with Crippen molar-refractivity contribution in [3.8, 4) is 0 Å². The maximum Gasteiger partial charge on any atom is 0.257 e. The van der Waals surface area contributed by atoms with Crippen molar-refractivity contribution in [3.05, 3.63) is 36.2 Å². The zero-order valence-electron chi connectivity index (χ0n) is 10.8. The lowest BCUT2D eigenvalue weighted by molar-refractivity contribution is 0.0750. The number of nitrogens with zero attached hydrogens (tertiary/aromatic N) is 3. The van der Waals surface area contributed by atoms with Gasteiger partial charge in [0.2, 0.25) is 0 Å². The van der Waals surface area contributed by atoms with E-state index in [1.165, 1.54) is 0 Å². The van der Waals surface area contributed by atoms with E-state index in [0.29, 0.717) is 16.3 Å². The third-order valence-electron chi connectivity index (χ3n) is 3.71. The van der Waals surface area contributed by atoms with Crippen LogP contribution in [-0.4, -0.2) is 38.8 Å². The minimum absolute atomic E-state index is 0.0548. The average molecular weight is 322 g/mol. The molecule has 1 aliphatic rings. The van der Waals surface area contributed by atoms with E-state index in [9.17, 15) is 4.79 Å². The fourth-order valence-corrected chi connectivity index (χ4v) is 3.64. The zero-order chi connectivity index (χ0) is 13.4. The Balaban J connectivity index is 1.75. The highest BCUT2D eigenvalue weighted by Gasteiger charge is 2.29. The summed E-state index contributed by atoms with van der Waals surface area (Å²) in [4.78, 5) is 14.9. The normalized spacial score (nSPS) is 22.2. The Morgan fingerprint density at radius 1 is 1.53 bits per heavy atom. The van der Waals surface area contributed by atoms with Gasteiger partial charge >= 0.3 is 0 Å². The van der Waals surface area contributed by atoms with Crippen LogP contribution < -0.4 is 0 Å². The van der Waals surface area contributed by atoms with E-state index in [4.69, 9.17) is 0 Å². The quantitative estimate of drug-likeness (QED) is 0.815. The van der Waals surface area contributed by atoms with Gasteiger partial charge in [0.1, 0.15) is 0 Å². The van der Waals surface area contributed by atoms with Crippen LogP contribution in [0.25, 0.3) is 5.52 Å². The van der Waals surface area contributed by atoms with Crippen LogP contribution in [0.1, 0.15) is 23.2 Å². The third-order valence-corrected chi connectivity index (χ3v) is 4.46. The minimum Gasteiger partial charge on any atom is -0.341 e. The van der Waals surface area contributed by atoms with Crippen molar-refractivity contribution in [2.75, 3.05) is 13.6 Å². The molecule has 0 aliphatic heterocycles. The molecular formula is C14H16BrN3O. The van der Waals surface area contributed by atoms with Gasteiger partial charge in [-0.25, -0.2) is 4.52 Å². The lowest BCUT2D eigenvalue weighted by atomic mass is 9.85. The number of aromatic nitrogens is 2. The molecule has 19 heavy (non-hydrogen) atoms. The summed E-state index contributed by atoms with van der Waals surface area (Å²) in [5, 5.41) is 4.21.